The molecule has 1 aromatic heterocycles. The Morgan fingerprint density at radius 3 is 2.38 bits per heavy atom. The van der Waals surface area contributed by atoms with Crippen LogP contribution in [0, 0.1) is 0 Å². The molecule has 9 heteroatoms. The summed E-state index contributed by atoms with van der Waals surface area (Å²) in [6.07, 6.45) is -9.51. The van der Waals surface area contributed by atoms with Gasteiger partial charge in [0.2, 0.25) is 0 Å². The van der Waals surface area contributed by atoms with Crippen molar-refractivity contribution >= 4 is 34.0 Å². The molecule has 3 aromatic rings. The van der Waals surface area contributed by atoms with Crippen molar-refractivity contribution in [2.75, 3.05) is 5.32 Å². The summed E-state index contributed by atoms with van der Waals surface area (Å²) in [6.45, 7) is 0. The highest BCUT2D eigenvalue weighted by molar-refractivity contribution is 6.35. The highest BCUT2D eigenvalue weighted by Gasteiger charge is 2.65. The molecule has 0 radical (unpaired) electrons. The molecule has 1 aliphatic heterocycles. The molecule has 0 aliphatic carbocycles. The Morgan fingerprint density at radius 2 is 1.62 bits per heavy atom. The average molecular weight is 385 g/mol. The lowest BCUT2D eigenvalue weighted by Gasteiger charge is -2.31. The molecule has 0 unspecified atom stereocenters. The van der Waals surface area contributed by atoms with Crippen LogP contribution in [0.3, 0.4) is 0 Å². The van der Waals surface area contributed by atoms with Crippen LogP contribution in [0.1, 0.15) is 0 Å². The topological polar surface area (TPSA) is 43.4 Å². The molecule has 0 spiro atoms. The molecular weight excluding hydrogens is 376 g/mol. The van der Waals surface area contributed by atoms with Gasteiger partial charge in [-0.15, -0.1) is 0 Å². The third-order valence-electron chi connectivity index (χ3n) is 3.70. The number of rotatable bonds is 2. The lowest BCUT2D eigenvalue weighted by atomic mass is 10.2. The Hall–Kier alpha value is -2.74. The van der Waals surface area contributed by atoms with E-state index in [1.165, 1.54) is 6.07 Å². The zero-order chi connectivity index (χ0) is 18.5. The summed E-state index contributed by atoms with van der Waals surface area (Å²) >= 11 is 6.10. The van der Waals surface area contributed by atoms with Gasteiger partial charge in [0.15, 0.2) is 11.5 Å². The maximum absolute atomic E-state index is 13.3. The third-order valence-corrected chi connectivity index (χ3v) is 4.01. The fourth-order valence-corrected chi connectivity index (χ4v) is 2.70. The standard InChI is InChI=1S/C17H9ClF4N2O2/c18-11-3-1-2-9-4-7-14(24-15(9)11)23-10-5-6-12-13(8-10)26-17(21,22)16(19,20)25-12/h1-8H,(H,23,24). The number of ether oxygens (including phenoxy) is 2. The van der Waals surface area contributed by atoms with Crippen molar-refractivity contribution in [3.8, 4) is 11.5 Å². The molecule has 26 heavy (non-hydrogen) atoms. The molecule has 0 bridgehead atoms. The van der Waals surface area contributed by atoms with Gasteiger partial charge in [0.25, 0.3) is 0 Å². The van der Waals surface area contributed by atoms with Gasteiger partial charge in [0.05, 0.1) is 10.5 Å². The molecule has 1 N–H and O–H groups in total. The van der Waals surface area contributed by atoms with Crippen LogP contribution in [0.4, 0.5) is 29.1 Å². The molecule has 4 rings (SSSR count). The van der Waals surface area contributed by atoms with Gasteiger partial charge in [0, 0.05) is 17.1 Å². The van der Waals surface area contributed by atoms with Crippen molar-refractivity contribution < 1.29 is 27.0 Å². The minimum absolute atomic E-state index is 0.298. The molecule has 0 fully saturated rings. The second kappa shape index (κ2) is 5.63. The van der Waals surface area contributed by atoms with Gasteiger partial charge in [0.1, 0.15) is 5.82 Å². The fraction of sp³-hybridized carbons (Fsp3) is 0.118. The number of pyridine rings is 1. The van der Waals surface area contributed by atoms with Crippen molar-refractivity contribution in [2.45, 2.75) is 12.2 Å². The van der Waals surface area contributed by atoms with Gasteiger partial charge in [-0.25, -0.2) is 4.98 Å². The van der Waals surface area contributed by atoms with Crippen LogP contribution >= 0.6 is 11.6 Å². The number of aromatic nitrogens is 1. The summed E-state index contributed by atoms with van der Waals surface area (Å²) in [4.78, 5) is 4.35. The highest BCUT2D eigenvalue weighted by Crippen LogP contribution is 2.47. The lowest BCUT2D eigenvalue weighted by molar-refractivity contribution is -0.391. The maximum Gasteiger partial charge on any atom is 0.507 e. The monoisotopic (exact) mass is 384 g/mol. The first-order valence-electron chi connectivity index (χ1n) is 7.35. The minimum atomic E-state index is -4.77. The van der Waals surface area contributed by atoms with E-state index in [-0.39, 0.29) is 0 Å². The molecule has 0 atom stereocenters. The van der Waals surface area contributed by atoms with Crippen molar-refractivity contribution in [3.63, 3.8) is 0 Å². The number of para-hydroxylation sites is 1. The maximum atomic E-state index is 13.3. The normalized spacial score (nSPS) is 17.1. The van der Waals surface area contributed by atoms with Gasteiger partial charge in [-0.1, -0.05) is 23.7 Å². The number of hydrogen-bond donors (Lipinski definition) is 1. The number of fused-ring (bicyclic) bond motifs is 2. The molecule has 0 saturated heterocycles. The molecular formula is C17H9ClF4N2O2. The van der Waals surface area contributed by atoms with E-state index in [0.717, 1.165) is 17.5 Å². The predicted octanol–water partition coefficient (Wildman–Crippen LogP) is 5.59. The SMILES string of the molecule is FC1(F)Oc2ccc(Nc3ccc4cccc(Cl)c4n3)cc2OC1(F)F. The predicted molar refractivity (Wildman–Crippen MR) is 87.6 cm³/mol. The first-order chi connectivity index (χ1) is 12.2. The van der Waals surface area contributed by atoms with Crippen LogP contribution in [-0.2, 0) is 0 Å². The first kappa shape index (κ1) is 16.7. The summed E-state index contributed by atoms with van der Waals surface area (Å²) in [5.74, 6) is -0.606. The first-order valence-corrected chi connectivity index (χ1v) is 7.73. The van der Waals surface area contributed by atoms with Crippen molar-refractivity contribution in [1.29, 1.82) is 0 Å². The second-order valence-corrected chi connectivity index (χ2v) is 5.94. The fourth-order valence-electron chi connectivity index (χ4n) is 2.47. The Bertz CT molecular complexity index is 1010. The van der Waals surface area contributed by atoms with Gasteiger partial charge in [-0.3, -0.25) is 0 Å². The Labute approximate surface area is 149 Å². The summed E-state index contributed by atoms with van der Waals surface area (Å²) < 4.78 is 61.1. The molecule has 4 nitrogen and oxygen atoms in total. The van der Waals surface area contributed by atoms with Crippen LogP contribution in [0.15, 0.2) is 48.5 Å². The lowest BCUT2D eigenvalue weighted by Crippen LogP contribution is -2.52. The van der Waals surface area contributed by atoms with E-state index < -0.39 is 23.7 Å². The van der Waals surface area contributed by atoms with Crippen molar-refractivity contribution in [3.05, 3.63) is 53.6 Å². The van der Waals surface area contributed by atoms with E-state index in [9.17, 15) is 17.6 Å². The smallest absolute Gasteiger partial charge is 0.421 e. The van der Waals surface area contributed by atoms with E-state index in [1.54, 1.807) is 24.3 Å². The summed E-state index contributed by atoms with van der Waals surface area (Å²) in [6, 6.07) is 12.4. The molecule has 0 amide bonds. The zero-order valence-corrected chi connectivity index (χ0v) is 13.5. The van der Waals surface area contributed by atoms with Crippen LogP contribution in [0.5, 0.6) is 11.5 Å². The summed E-state index contributed by atoms with van der Waals surface area (Å²) in [7, 11) is 0. The Morgan fingerprint density at radius 1 is 0.885 bits per heavy atom. The molecule has 2 aromatic carbocycles. The van der Waals surface area contributed by atoms with Gasteiger partial charge < -0.3 is 14.8 Å². The number of hydrogen-bond acceptors (Lipinski definition) is 4. The minimum Gasteiger partial charge on any atom is -0.421 e. The molecule has 1 aliphatic rings. The van der Waals surface area contributed by atoms with Crippen LogP contribution in [-0.4, -0.2) is 17.2 Å². The van der Waals surface area contributed by atoms with Crippen LogP contribution < -0.4 is 14.8 Å². The number of benzene rings is 2. The summed E-state index contributed by atoms with van der Waals surface area (Å²) in [5.41, 5.74) is 0.857. The number of nitrogens with one attached hydrogen (secondary N) is 1. The molecule has 2 heterocycles. The van der Waals surface area contributed by atoms with E-state index >= 15 is 0 Å². The van der Waals surface area contributed by atoms with E-state index in [1.807, 2.05) is 6.07 Å². The van der Waals surface area contributed by atoms with E-state index in [4.69, 9.17) is 11.6 Å². The summed E-state index contributed by atoms with van der Waals surface area (Å²) in [5, 5.41) is 4.16. The van der Waals surface area contributed by atoms with Crippen molar-refractivity contribution in [1.82, 2.24) is 4.98 Å². The van der Waals surface area contributed by atoms with Crippen LogP contribution in [0.2, 0.25) is 5.02 Å². The molecule has 134 valence electrons. The van der Waals surface area contributed by atoms with Gasteiger partial charge in [-0.05, 0) is 30.3 Å². The van der Waals surface area contributed by atoms with Crippen LogP contribution in [0.25, 0.3) is 10.9 Å². The third kappa shape index (κ3) is 2.76. The quantitative estimate of drug-likeness (QED) is 0.585. The Balaban J connectivity index is 1.65. The number of nitrogens with zero attached hydrogens (tertiary/aromatic N) is 1. The van der Waals surface area contributed by atoms with Gasteiger partial charge in [-0.2, -0.15) is 17.6 Å². The number of anilines is 2. The number of alkyl halides is 4. The van der Waals surface area contributed by atoms with Crippen molar-refractivity contribution in [2.24, 2.45) is 0 Å². The zero-order valence-electron chi connectivity index (χ0n) is 12.8. The molecule has 0 saturated carbocycles. The highest BCUT2D eigenvalue weighted by atomic mass is 35.5. The Kier molecular flexibility index (Phi) is 3.62. The second-order valence-electron chi connectivity index (χ2n) is 5.53. The van der Waals surface area contributed by atoms with E-state index in [2.05, 4.69) is 19.8 Å². The number of halogens is 5. The average Bonchev–Trinajstić information content (AvgIpc) is 2.56. The van der Waals surface area contributed by atoms with Gasteiger partial charge >= 0.3 is 12.2 Å². The largest absolute Gasteiger partial charge is 0.507 e. The van der Waals surface area contributed by atoms with E-state index in [0.29, 0.717) is 22.0 Å².